The molecule has 4 aromatic rings. The van der Waals surface area contributed by atoms with Gasteiger partial charge in [0.25, 0.3) is 5.56 Å². The fourth-order valence-electron chi connectivity index (χ4n) is 4.37. The van der Waals surface area contributed by atoms with Crippen LogP contribution in [0.5, 0.6) is 0 Å². The van der Waals surface area contributed by atoms with E-state index in [1.807, 2.05) is 22.9 Å². The van der Waals surface area contributed by atoms with Crippen molar-refractivity contribution in [2.24, 2.45) is 5.92 Å². The van der Waals surface area contributed by atoms with Crippen molar-refractivity contribution in [3.8, 4) is 0 Å². The highest BCUT2D eigenvalue weighted by Crippen LogP contribution is 2.25. The predicted molar refractivity (Wildman–Crippen MR) is 135 cm³/mol. The third-order valence-electron chi connectivity index (χ3n) is 6.13. The van der Waals surface area contributed by atoms with Crippen LogP contribution in [0.3, 0.4) is 0 Å². The molecule has 1 N–H and O–H groups in total. The van der Waals surface area contributed by atoms with Gasteiger partial charge in [0.2, 0.25) is 11.9 Å². The molecule has 0 aliphatic carbocycles. The Kier molecular flexibility index (Phi) is 6.73. The molecule has 1 amide bonds. The molecule has 1 saturated heterocycles. The molecule has 1 atom stereocenters. The Bertz CT molecular complexity index is 1330. The summed E-state index contributed by atoms with van der Waals surface area (Å²) in [5, 5.41) is 6.98. The summed E-state index contributed by atoms with van der Waals surface area (Å²) in [4.78, 5) is 34.4. The van der Waals surface area contributed by atoms with Crippen LogP contribution in [0.4, 0.5) is 10.3 Å². The van der Waals surface area contributed by atoms with Gasteiger partial charge < -0.3 is 10.2 Å². The molecule has 176 valence electrons. The Balaban J connectivity index is 1.37. The molecule has 9 heteroatoms. The fraction of sp³-hybridized carbons (Fsp3) is 0.320. The van der Waals surface area contributed by atoms with E-state index in [1.165, 1.54) is 28.3 Å². The zero-order valence-corrected chi connectivity index (χ0v) is 20.2. The maximum atomic E-state index is 13.4. The number of aromatic nitrogens is 2. The summed E-state index contributed by atoms with van der Waals surface area (Å²) < 4.78 is 15.7. The third-order valence-corrected chi connectivity index (χ3v) is 7.95. The summed E-state index contributed by atoms with van der Waals surface area (Å²) in [6.45, 7) is 2.15. The van der Waals surface area contributed by atoms with Crippen LogP contribution >= 0.6 is 22.7 Å². The van der Waals surface area contributed by atoms with Gasteiger partial charge in [0.1, 0.15) is 10.5 Å². The summed E-state index contributed by atoms with van der Waals surface area (Å²) in [7, 11) is 0. The molecule has 0 spiro atoms. The molecule has 6 nitrogen and oxygen atoms in total. The van der Waals surface area contributed by atoms with Gasteiger partial charge in [-0.15, -0.1) is 22.7 Å². The molecule has 0 radical (unpaired) electrons. The number of rotatable bonds is 7. The quantitative estimate of drug-likeness (QED) is 0.415. The van der Waals surface area contributed by atoms with Crippen LogP contribution in [0.1, 0.15) is 23.3 Å². The molecule has 0 bridgehead atoms. The Hall–Kier alpha value is -3.04. The van der Waals surface area contributed by atoms with Gasteiger partial charge in [0.15, 0.2) is 0 Å². The average molecular weight is 497 g/mol. The first kappa shape index (κ1) is 22.7. The van der Waals surface area contributed by atoms with Crippen LogP contribution in [0.2, 0.25) is 0 Å². The molecule has 34 heavy (non-hydrogen) atoms. The Morgan fingerprint density at radius 1 is 1.15 bits per heavy atom. The molecule has 1 unspecified atom stereocenters. The number of anilines is 1. The highest BCUT2D eigenvalue weighted by molar-refractivity contribution is 7.17. The lowest BCUT2D eigenvalue weighted by Gasteiger charge is -2.34. The zero-order valence-electron chi connectivity index (χ0n) is 18.6. The first-order valence-corrected chi connectivity index (χ1v) is 13.1. The first-order valence-electron chi connectivity index (χ1n) is 11.4. The van der Waals surface area contributed by atoms with Crippen LogP contribution in [-0.4, -0.2) is 35.1 Å². The van der Waals surface area contributed by atoms with Crippen molar-refractivity contribution < 1.29 is 9.18 Å². The summed E-state index contributed by atoms with van der Waals surface area (Å²) >= 11 is 3.07. The number of hydrogen-bond acceptors (Lipinski definition) is 6. The highest BCUT2D eigenvalue weighted by atomic mass is 32.1. The number of hydrogen-bond donors (Lipinski definition) is 1. The van der Waals surface area contributed by atoms with E-state index < -0.39 is 0 Å². The number of nitrogens with one attached hydrogen (secondary N) is 1. The number of halogens is 1. The lowest BCUT2D eigenvalue weighted by Crippen LogP contribution is -2.45. The zero-order chi connectivity index (χ0) is 23.5. The number of amides is 1. The van der Waals surface area contributed by atoms with Crippen LogP contribution in [-0.2, 0) is 17.8 Å². The third kappa shape index (κ3) is 4.90. The van der Waals surface area contributed by atoms with Crippen molar-refractivity contribution in [1.29, 1.82) is 0 Å². The summed E-state index contributed by atoms with van der Waals surface area (Å²) in [6.07, 6.45) is 2.48. The van der Waals surface area contributed by atoms with Crippen molar-refractivity contribution in [2.75, 3.05) is 24.5 Å². The van der Waals surface area contributed by atoms with Crippen LogP contribution in [0.15, 0.2) is 58.0 Å². The van der Waals surface area contributed by atoms with E-state index in [-0.39, 0.29) is 23.2 Å². The minimum atomic E-state index is -0.313. The number of carbonyl (C=O) groups is 1. The summed E-state index contributed by atoms with van der Waals surface area (Å²) in [5.74, 6) is 0.139. The lowest BCUT2D eigenvalue weighted by atomic mass is 9.97. The minimum Gasteiger partial charge on any atom is -0.355 e. The number of carbonyl (C=O) groups excluding carboxylic acids is 1. The van der Waals surface area contributed by atoms with Crippen LogP contribution in [0, 0.1) is 11.7 Å². The number of fused-ring (bicyclic) bond motifs is 1. The highest BCUT2D eigenvalue weighted by Gasteiger charge is 2.28. The second-order valence-electron chi connectivity index (χ2n) is 8.47. The maximum absolute atomic E-state index is 13.4. The van der Waals surface area contributed by atoms with Gasteiger partial charge in [0.05, 0.1) is 18.0 Å². The van der Waals surface area contributed by atoms with Crippen molar-refractivity contribution in [1.82, 2.24) is 14.9 Å². The van der Waals surface area contributed by atoms with Gasteiger partial charge in [0, 0.05) is 24.5 Å². The second-order valence-corrected chi connectivity index (χ2v) is 10.4. The fourth-order valence-corrected chi connectivity index (χ4v) is 5.86. The standard InChI is InChI=1S/C25H25FN4O2S2/c26-19-7-5-17(6-8-19)15-30-24(32)22-21(10-14-34-22)28-25(30)29-12-1-3-18(16-29)23(31)27-11-9-20-4-2-13-33-20/h2,4-8,10,13-14,18H,1,3,9,11-12,15-16H2,(H,27,31). The largest absolute Gasteiger partial charge is 0.355 e. The smallest absolute Gasteiger partial charge is 0.273 e. The van der Waals surface area contributed by atoms with Gasteiger partial charge in [-0.2, -0.15) is 0 Å². The van der Waals surface area contributed by atoms with Crippen molar-refractivity contribution in [3.05, 3.63) is 79.8 Å². The van der Waals surface area contributed by atoms with Crippen LogP contribution < -0.4 is 15.8 Å². The Morgan fingerprint density at radius 3 is 2.79 bits per heavy atom. The molecule has 1 aliphatic heterocycles. The van der Waals surface area contributed by atoms with E-state index in [9.17, 15) is 14.0 Å². The Labute approximate surface area is 204 Å². The molecule has 0 saturated carbocycles. The molecular formula is C25H25FN4O2S2. The summed E-state index contributed by atoms with van der Waals surface area (Å²) in [5.41, 5.74) is 1.38. The van der Waals surface area contributed by atoms with E-state index in [2.05, 4.69) is 16.3 Å². The van der Waals surface area contributed by atoms with E-state index in [4.69, 9.17) is 4.98 Å². The SMILES string of the molecule is O=C(NCCc1cccs1)C1CCCN(c2nc3ccsc3c(=O)n2Cc2ccc(F)cc2)C1. The van der Waals surface area contributed by atoms with Crippen molar-refractivity contribution in [2.45, 2.75) is 25.8 Å². The summed E-state index contributed by atoms with van der Waals surface area (Å²) in [6, 6.07) is 12.1. The number of nitrogens with zero attached hydrogens (tertiary/aromatic N) is 3. The second kappa shape index (κ2) is 10.1. The normalized spacial score (nSPS) is 16.1. The van der Waals surface area contributed by atoms with E-state index in [1.54, 1.807) is 28.0 Å². The van der Waals surface area contributed by atoms with E-state index >= 15 is 0 Å². The lowest BCUT2D eigenvalue weighted by molar-refractivity contribution is -0.125. The van der Waals surface area contributed by atoms with Crippen LogP contribution in [0.25, 0.3) is 10.2 Å². The molecule has 1 aromatic carbocycles. The minimum absolute atomic E-state index is 0.0466. The van der Waals surface area contributed by atoms with Crippen molar-refractivity contribution in [3.63, 3.8) is 0 Å². The molecule has 5 rings (SSSR count). The maximum Gasteiger partial charge on any atom is 0.273 e. The van der Waals surface area contributed by atoms with Gasteiger partial charge in [-0.3, -0.25) is 14.2 Å². The van der Waals surface area contributed by atoms with E-state index in [0.717, 1.165) is 31.4 Å². The van der Waals surface area contributed by atoms with Gasteiger partial charge in [-0.25, -0.2) is 9.37 Å². The first-order chi connectivity index (χ1) is 16.6. The van der Waals surface area contributed by atoms with Gasteiger partial charge >= 0.3 is 0 Å². The number of thiophene rings is 2. The average Bonchev–Trinajstić information content (AvgIpc) is 3.54. The molecule has 4 heterocycles. The Morgan fingerprint density at radius 2 is 2.00 bits per heavy atom. The van der Waals surface area contributed by atoms with Gasteiger partial charge in [-0.1, -0.05) is 18.2 Å². The van der Waals surface area contributed by atoms with E-state index in [0.29, 0.717) is 35.8 Å². The predicted octanol–water partition coefficient (Wildman–Crippen LogP) is 4.28. The molecule has 1 aliphatic rings. The molecular weight excluding hydrogens is 471 g/mol. The number of piperidine rings is 1. The van der Waals surface area contributed by atoms with Gasteiger partial charge in [-0.05, 0) is 59.9 Å². The number of benzene rings is 1. The van der Waals surface area contributed by atoms with Crippen molar-refractivity contribution >= 4 is 44.7 Å². The molecule has 3 aromatic heterocycles. The topological polar surface area (TPSA) is 67.2 Å². The molecule has 1 fully saturated rings. The monoisotopic (exact) mass is 496 g/mol.